The fraction of sp³-hybridized carbons (Fsp3) is 0.214. The van der Waals surface area contributed by atoms with E-state index in [1.165, 1.54) is 12.4 Å². The first kappa shape index (κ1) is 14.3. The number of halogens is 1. The van der Waals surface area contributed by atoms with E-state index in [1.807, 2.05) is 31.2 Å². The molecule has 0 aliphatic rings. The van der Waals surface area contributed by atoms with E-state index in [0.717, 1.165) is 11.3 Å². The van der Waals surface area contributed by atoms with Crippen LogP contribution in [0, 0.1) is 6.92 Å². The summed E-state index contributed by atoms with van der Waals surface area (Å²) in [4.78, 5) is 19.4. The van der Waals surface area contributed by atoms with Crippen LogP contribution in [-0.4, -0.2) is 22.5 Å². The Kier molecular flexibility index (Phi) is 4.90. The van der Waals surface area contributed by atoms with Crippen LogP contribution in [-0.2, 0) is 4.79 Å². The van der Waals surface area contributed by atoms with Gasteiger partial charge in [0.1, 0.15) is 10.9 Å². The van der Waals surface area contributed by atoms with Gasteiger partial charge in [0.05, 0.1) is 25.4 Å². The van der Waals surface area contributed by atoms with Gasteiger partial charge < -0.3 is 10.1 Å². The van der Waals surface area contributed by atoms with Crippen LogP contribution < -0.4 is 10.1 Å². The molecule has 1 amide bonds. The van der Waals surface area contributed by atoms with Gasteiger partial charge in [0.25, 0.3) is 0 Å². The smallest absolute Gasteiger partial charge is 0.228 e. The number of ether oxygens (including phenoxy) is 1. The minimum absolute atomic E-state index is 0.186. The Balaban J connectivity index is 1.76. The summed E-state index contributed by atoms with van der Waals surface area (Å²) >= 11 is 5.61. The number of benzene rings is 1. The molecule has 6 heteroatoms. The lowest BCUT2D eigenvalue weighted by Crippen LogP contribution is -2.16. The molecule has 2 rings (SSSR count). The van der Waals surface area contributed by atoms with Crippen molar-refractivity contribution in [2.75, 3.05) is 11.9 Å². The van der Waals surface area contributed by atoms with E-state index in [1.54, 1.807) is 0 Å². The predicted molar refractivity (Wildman–Crippen MR) is 77.0 cm³/mol. The van der Waals surface area contributed by atoms with Crippen LogP contribution >= 0.6 is 11.6 Å². The molecule has 0 saturated heterocycles. The number of aromatic nitrogens is 2. The highest BCUT2D eigenvalue weighted by Crippen LogP contribution is 2.12. The van der Waals surface area contributed by atoms with Gasteiger partial charge in [0.2, 0.25) is 5.91 Å². The monoisotopic (exact) mass is 291 g/mol. The molecule has 0 bridgehead atoms. The Hall–Kier alpha value is -2.14. The second kappa shape index (κ2) is 6.86. The summed E-state index contributed by atoms with van der Waals surface area (Å²) in [5.41, 5.74) is 1.11. The molecule has 1 aromatic heterocycles. The molecule has 0 spiro atoms. The number of amides is 1. The van der Waals surface area contributed by atoms with Crippen LogP contribution in [0.25, 0.3) is 0 Å². The third-order valence-electron chi connectivity index (χ3n) is 2.48. The minimum atomic E-state index is -0.186. The molecule has 5 nitrogen and oxygen atoms in total. The molecule has 0 saturated carbocycles. The third kappa shape index (κ3) is 4.51. The highest BCUT2D eigenvalue weighted by atomic mass is 35.5. The summed E-state index contributed by atoms with van der Waals surface area (Å²) in [6.07, 6.45) is 3.01. The Morgan fingerprint density at radius 2 is 2.20 bits per heavy atom. The lowest BCUT2D eigenvalue weighted by Gasteiger charge is -2.07. The molecule has 1 N–H and O–H groups in total. The van der Waals surface area contributed by atoms with Gasteiger partial charge in [-0.15, -0.1) is 0 Å². The standard InChI is InChI=1S/C14H14ClN3O2/c1-10-3-2-4-11(7-10)20-6-5-14(19)18-13-9-16-12(15)8-17-13/h2-4,7-9H,5-6H2,1H3,(H,17,18,19). The highest BCUT2D eigenvalue weighted by Gasteiger charge is 2.04. The summed E-state index contributed by atoms with van der Waals surface area (Å²) in [5.74, 6) is 0.938. The summed E-state index contributed by atoms with van der Waals surface area (Å²) in [6.45, 7) is 2.29. The Morgan fingerprint density at radius 3 is 2.90 bits per heavy atom. The first-order valence-electron chi connectivity index (χ1n) is 6.10. The lowest BCUT2D eigenvalue weighted by molar-refractivity contribution is -0.116. The molecule has 0 atom stereocenters. The largest absolute Gasteiger partial charge is 0.493 e. The molecule has 1 heterocycles. The van der Waals surface area contributed by atoms with Crippen LogP contribution in [0.4, 0.5) is 5.82 Å². The second-order valence-electron chi connectivity index (χ2n) is 4.19. The summed E-state index contributed by atoms with van der Waals surface area (Å²) in [5, 5.41) is 2.90. The van der Waals surface area contributed by atoms with Crippen LogP contribution in [0.5, 0.6) is 5.75 Å². The van der Waals surface area contributed by atoms with E-state index in [-0.39, 0.29) is 17.5 Å². The van der Waals surface area contributed by atoms with E-state index in [0.29, 0.717) is 12.4 Å². The number of carbonyl (C=O) groups excluding carboxylic acids is 1. The van der Waals surface area contributed by atoms with Crippen molar-refractivity contribution in [3.8, 4) is 5.75 Å². The predicted octanol–water partition coefficient (Wildman–Crippen LogP) is 2.85. The van der Waals surface area contributed by atoms with Crippen LogP contribution in [0.3, 0.4) is 0 Å². The van der Waals surface area contributed by atoms with Crippen molar-refractivity contribution in [1.29, 1.82) is 0 Å². The van der Waals surface area contributed by atoms with Gasteiger partial charge in [-0.2, -0.15) is 0 Å². The average Bonchev–Trinajstić information content (AvgIpc) is 2.41. The van der Waals surface area contributed by atoms with Gasteiger partial charge in [-0.3, -0.25) is 4.79 Å². The van der Waals surface area contributed by atoms with Gasteiger partial charge in [-0.05, 0) is 24.6 Å². The first-order chi connectivity index (χ1) is 9.63. The van der Waals surface area contributed by atoms with Crippen LogP contribution in [0.1, 0.15) is 12.0 Å². The molecular weight excluding hydrogens is 278 g/mol. The molecule has 20 heavy (non-hydrogen) atoms. The summed E-state index contributed by atoms with van der Waals surface area (Å²) in [6, 6.07) is 7.67. The van der Waals surface area contributed by atoms with E-state index in [4.69, 9.17) is 16.3 Å². The van der Waals surface area contributed by atoms with E-state index in [9.17, 15) is 4.79 Å². The van der Waals surface area contributed by atoms with Crippen molar-refractivity contribution < 1.29 is 9.53 Å². The molecule has 0 radical (unpaired) electrons. The number of aryl methyl sites for hydroxylation is 1. The molecule has 0 aliphatic heterocycles. The van der Waals surface area contributed by atoms with Crippen LogP contribution in [0.15, 0.2) is 36.7 Å². The Morgan fingerprint density at radius 1 is 1.35 bits per heavy atom. The molecule has 104 valence electrons. The number of rotatable bonds is 5. The summed E-state index contributed by atoms with van der Waals surface area (Å²) < 4.78 is 5.50. The van der Waals surface area contributed by atoms with Crippen molar-refractivity contribution >= 4 is 23.3 Å². The number of carbonyl (C=O) groups is 1. The average molecular weight is 292 g/mol. The normalized spacial score (nSPS) is 10.1. The van der Waals surface area contributed by atoms with Crippen molar-refractivity contribution in [2.24, 2.45) is 0 Å². The van der Waals surface area contributed by atoms with E-state index in [2.05, 4.69) is 15.3 Å². The zero-order chi connectivity index (χ0) is 14.4. The SMILES string of the molecule is Cc1cccc(OCCC(=O)Nc2cnc(Cl)cn2)c1. The third-order valence-corrected chi connectivity index (χ3v) is 2.67. The minimum Gasteiger partial charge on any atom is -0.493 e. The molecule has 0 fully saturated rings. The number of anilines is 1. The second-order valence-corrected chi connectivity index (χ2v) is 4.57. The van der Waals surface area contributed by atoms with E-state index < -0.39 is 0 Å². The Bertz CT molecular complexity index is 587. The molecule has 0 unspecified atom stereocenters. The zero-order valence-electron chi connectivity index (χ0n) is 11.0. The number of hydrogen-bond acceptors (Lipinski definition) is 4. The fourth-order valence-corrected chi connectivity index (χ4v) is 1.65. The molecule has 2 aromatic rings. The lowest BCUT2D eigenvalue weighted by atomic mass is 10.2. The van der Waals surface area contributed by atoms with E-state index >= 15 is 0 Å². The summed E-state index contributed by atoms with van der Waals surface area (Å²) in [7, 11) is 0. The van der Waals surface area contributed by atoms with Gasteiger partial charge in [-0.25, -0.2) is 9.97 Å². The van der Waals surface area contributed by atoms with Gasteiger partial charge in [-0.1, -0.05) is 23.7 Å². The maximum absolute atomic E-state index is 11.7. The topological polar surface area (TPSA) is 64.1 Å². The molecule has 0 aliphatic carbocycles. The number of nitrogens with one attached hydrogen (secondary N) is 1. The van der Waals surface area contributed by atoms with Crippen LogP contribution in [0.2, 0.25) is 5.15 Å². The maximum Gasteiger partial charge on any atom is 0.228 e. The first-order valence-corrected chi connectivity index (χ1v) is 6.48. The van der Waals surface area contributed by atoms with Crippen molar-refractivity contribution in [3.05, 3.63) is 47.4 Å². The van der Waals surface area contributed by atoms with Crippen molar-refractivity contribution in [3.63, 3.8) is 0 Å². The van der Waals surface area contributed by atoms with Gasteiger partial charge in [0, 0.05) is 0 Å². The maximum atomic E-state index is 11.7. The number of nitrogens with zero attached hydrogens (tertiary/aromatic N) is 2. The molecule has 1 aromatic carbocycles. The highest BCUT2D eigenvalue weighted by molar-refractivity contribution is 6.29. The van der Waals surface area contributed by atoms with Crippen molar-refractivity contribution in [1.82, 2.24) is 9.97 Å². The van der Waals surface area contributed by atoms with Gasteiger partial charge >= 0.3 is 0 Å². The van der Waals surface area contributed by atoms with Gasteiger partial charge in [0.15, 0.2) is 5.82 Å². The number of hydrogen-bond donors (Lipinski definition) is 1. The molecular formula is C14H14ClN3O2. The fourth-order valence-electron chi connectivity index (χ4n) is 1.55. The van der Waals surface area contributed by atoms with Crippen molar-refractivity contribution in [2.45, 2.75) is 13.3 Å². The quantitative estimate of drug-likeness (QED) is 0.920. The Labute approximate surface area is 122 Å². The zero-order valence-corrected chi connectivity index (χ0v) is 11.7.